The van der Waals surface area contributed by atoms with Gasteiger partial charge in [-0.25, -0.2) is 0 Å². The van der Waals surface area contributed by atoms with Crippen molar-refractivity contribution in [3.05, 3.63) is 87.4 Å². The van der Waals surface area contributed by atoms with Crippen LogP contribution in [0.5, 0.6) is 0 Å². The van der Waals surface area contributed by atoms with Gasteiger partial charge in [0.15, 0.2) is 5.82 Å². The molecule has 0 N–H and O–H groups in total. The summed E-state index contributed by atoms with van der Waals surface area (Å²) in [5.41, 5.74) is 1.71. The maximum atomic E-state index is 12.7. The summed E-state index contributed by atoms with van der Waals surface area (Å²) < 4.78 is 2.00. The van der Waals surface area contributed by atoms with E-state index in [1.165, 1.54) is 15.9 Å². The third kappa shape index (κ3) is 2.39. The van der Waals surface area contributed by atoms with Crippen molar-refractivity contribution in [1.82, 2.24) is 19.6 Å². The van der Waals surface area contributed by atoms with Gasteiger partial charge in [-0.05, 0) is 34.5 Å². The molecule has 2 aromatic carbocycles. The first kappa shape index (κ1) is 14.9. The minimum atomic E-state index is -0.147. The van der Waals surface area contributed by atoms with Crippen LogP contribution in [0.3, 0.4) is 0 Å². The zero-order valence-electron chi connectivity index (χ0n) is 13.5. The fourth-order valence-electron chi connectivity index (χ4n) is 2.97. The van der Waals surface area contributed by atoms with Gasteiger partial charge in [0.05, 0.1) is 4.53 Å². The van der Waals surface area contributed by atoms with E-state index in [0.717, 1.165) is 21.9 Å². The fourth-order valence-corrected chi connectivity index (χ4v) is 3.87. The quantitative estimate of drug-likeness (QED) is 0.488. The minimum Gasteiger partial charge on any atom is -0.266 e. The van der Waals surface area contributed by atoms with Gasteiger partial charge in [-0.1, -0.05) is 53.8 Å². The second-order valence-corrected chi connectivity index (χ2v) is 6.86. The maximum Gasteiger partial charge on any atom is 0.291 e. The summed E-state index contributed by atoms with van der Waals surface area (Å²) in [5, 5.41) is 6.63. The number of hydrogen-bond donors (Lipinski definition) is 0. The third-order valence-corrected chi connectivity index (χ3v) is 5.19. The highest BCUT2D eigenvalue weighted by Crippen LogP contribution is 2.19. The number of nitrogens with zero attached hydrogens (tertiary/aromatic N) is 4. The maximum absolute atomic E-state index is 12.7. The minimum absolute atomic E-state index is 0.147. The Morgan fingerprint density at radius 3 is 2.62 bits per heavy atom. The van der Waals surface area contributed by atoms with Crippen LogP contribution in [0.15, 0.2) is 71.8 Å². The van der Waals surface area contributed by atoms with Crippen LogP contribution in [0, 0.1) is 0 Å². The summed E-state index contributed by atoms with van der Waals surface area (Å²) in [6, 6.07) is 17.9. The standard InChI is InChI=1S/C20H12N4OS/c25-19-17(12-15-6-3-5-13-4-1-2-7-16(13)15)26-20-22-18(23-24(19)20)14-8-10-21-11-9-14/h1-12H/b17-12-. The largest absolute Gasteiger partial charge is 0.291 e. The predicted molar refractivity (Wildman–Crippen MR) is 103 cm³/mol. The fraction of sp³-hybridized carbons (Fsp3) is 0. The molecule has 124 valence electrons. The Bertz CT molecular complexity index is 1350. The highest BCUT2D eigenvalue weighted by molar-refractivity contribution is 7.15. The van der Waals surface area contributed by atoms with Crippen LogP contribution < -0.4 is 10.1 Å². The summed E-state index contributed by atoms with van der Waals surface area (Å²) in [6.07, 6.45) is 5.28. The lowest BCUT2D eigenvalue weighted by molar-refractivity contribution is 0.936. The van der Waals surface area contributed by atoms with Crippen molar-refractivity contribution in [2.75, 3.05) is 0 Å². The normalized spacial score (nSPS) is 12.2. The van der Waals surface area contributed by atoms with E-state index in [0.29, 0.717) is 15.3 Å². The van der Waals surface area contributed by atoms with Crippen LogP contribution in [0.25, 0.3) is 33.2 Å². The van der Waals surface area contributed by atoms with Gasteiger partial charge in [-0.3, -0.25) is 9.78 Å². The van der Waals surface area contributed by atoms with Crippen molar-refractivity contribution >= 4 is 33.1 Å². The van der Waals surface area contributed by atoms with E-state index in [1.807, 2.05) is 42.5 Å². The molecule has 5 rings (SSSR count). The van der Waals surface area contributed by atoms with E-state index in [4.69, 9.17) is 0 Å². The Morgan fingerprint density at radius 1 is 0.962 bits per heavy atom. The highest BCUT2D eigenvalue weighted by Gasteiger charge is 2.12. The van der Waals surface area contributed by atoms with Crippen molar-refractivity contribution in [2.24, 2.45) is 0 Å². The zero-order chi connectivity index (χ0) is 17.5. The van der Waals surface area contributed by atoms with Gasteiger partial charge in [-0.2, -0.15) is 9.50 Å². The Balaban J connectivity index is 1.68. The summed E-state index contributed by atoms with van der Waals surface area (Å²) >= 11 is 1.35. The van der Waals surface area contributed by atoms with Crippen LogP contribution >= 0.6 is 11.3 Å². The van der Waals surface area contributed by atoms with Crippen molar-refractivity contribution < 1.29 is 0 Å². The molecule has 0 amide bonds. The van der Waals surface area contributed by atoms with E-state index < -0.39 is 0 Å². The summed E-state index contributed by atoms with van der Waals surface area (Å²) in [5.74, 6) is 0.535. The molecule has 3 aromatic heterocycles. The van der Waals surface area contributed by atoms with Crippen molar-refractivity contribution in [1.29, 1.82) is 0 Å². The van der Waals surface area contributed by atoms with Crippen LogP contribution in [-0.4, -0.2) is 19.6 Å². The average Bonchev–Trinajstić information content (AvgIpc) is 3.23. The van der Waals surface area contributed by atoms with E-state index in [9.17, 15) is 4.79 Å². The lowest BCUT2D eigenvalue weighted by Gasteiger charge is -2.00. The molecule has 6 heteroatoms. The van der Waals surface area contributed by atoms with Crippen LogP contribution in [0.1, 0.15) is 5.56 Å². The highest BCUT2D eigenvalue weighted by atomic mass is 32.1. The molecule has 0 saturated carbocycles. The lowest BCUT2D eigenvalue weighted by atomic mass is 10.0. The summed E-state index contributed by atoms with van der Waals surface area (Å²) in [7, 11) is 0. The summed E-state index contributed by atoms with van der Waals surface area (Å²) in [6.45, 7) is 0. The van der Waals surface area contributed by atoms with Gasteiger partial charge < -0.3 is 0 Å². The van der Waals surface area contributed by atoms with E-state index >= 15 is 0 Å². The number of fused-ring (bicyclic) bond motifs is 2. The Labute approximate surface area is 151 Å². The van der Waals surface area contributed by atoms with E-state index in [2.05, 4.69) is 33.3 Å². The monoisotopic (exact) mass is 356 g/mol. The number of pyridine rings is 1. The average molecular weight is 356 g/mol. The number of aromatic nitrogens is 4. The molecule has 0 radical (unpaired) electrons. The first-order valence-electron chi connectivity index (χ1n) is 8.09. The molecule has 5 nitrogen and oxygen atoms in total. The predicted octanol–water partition coefficient (Wildman–Crippen LogP) is 2.91. The van der Waals surface area contributed by atoms with Crippen LogP contribution in [-0.2, 0) is 0 Å². The van der Waals surface area contributed by atoms with Gasteiger partial charge in [0.2, 0.25) is 4.96 Å². The third-order valence-electron chi connectivity index (χ3n) is 4.23. The number of rotatable bonds is 2. The number of thiazole rings is 1. The second-order valence-electron chi connectivity index (χ2n) is 5.85. The molecular weight excluding hydrogens is 344 g/mol. The van der Waals surface area contributed by atoms with Gasteiger partial charge in [0.1, 0.15) is 0 Å². The first-order valence-corrected chi connectivity index (χ1v) is 8.91. The first-order chi connectivity index (χ1) is 12.8. The second kappa shape index (κ2) is 5.86. The van der Waals surface area contributed by atoms with Crippen molar-refractivity contribution in [3.63, 3.8) is 0 Å². The van der Waals surface area contributed by atoms with Crippen molar-refractivity contribution in [3.8, 4) is 11.4 Å². The molecule has 0 atom stereocenters. The molecule has 26 heavy (non-hydrogen) atoms. The molecule has 5 aromatic rings. The molecule has 0 spiro atoms. The molecule has 0 bridgehead atoms. The Morgan fingerprint density at radius 2 is 1.77 bits per heavy atom. The molecule has 0 aliphatic heterocycles. The van der Waals surface area contributed by atoms with Crippen molar-refractivity contribution in [2.45, 2.75) is 0 Å². The number of hydrogen-bond acceptors (Lipinski definition) is 5. The topological polar surface area (TPSA) is 60.2 Å². The van der Waals surface area contributed by atoms with Gasteiger partial charge in [0, 0.05) is 18.0 Å². The van der Waals surface area contributed by atoms with Crippen LogP contribution in [0.2, 0.25) is 0 Å². The Hall–Kier alpha value is -3.38. The molecule has 0 saturated heterocycles. The Kier molecular flexibility index (Phi) is 3.36. The molecule has 0 fully saturated rings. The van der Waals surface area contributed by atoms with Gasteiger partial charge in [0.25, 0.3) is 5.56 Å². The molecule has 0 aliphatic rings. The molecular formula is C20H12N4OS. The lowest BCUT2D eigenvalue weighted by Crippen LogP contribution is -2.23. The van der Waals surface area contributed by atoms with E-state index in [1.54, 1.807) is 12.4 Å². The SMILES string of the molecule is O=c1/c(=C/c2cccc3ccccc23)sc2nc(-c3ccncc3)nn12. The molecule has 3 heterocycles. The van der Waals surface area contributed by atoms with Gasteiger partial charge in [-0.15, -0.1) is 5.10 Å². The zero-order valence-corrected chi connectivity index (χ0v) is 14.4. The van der Waals surface area contributed by atoms with Crippen LogP contribution in [0.4, 0.5) is 0 Å². The molecule has 0 aliphatic carbocycles. The summed E-state index contributed by atoms with van der Waals surface area (Å²) in [4.78, 5) is 21.8. The smallest absolute Gasteiger partial charge is 0.266 e. The van der Waals surface area contributed by atoms with Gasteiger partial charge >= 0.3 is 0 Å². The van der Waals surface area contributed by atoms with E-state index in [-0.39, 0.29) is 5.56 Å². The number of benzene rings is 2. The molecule has 0 unspecified atom stereocenters.